The molecule has 138 valence electrons. The monoisotopic (exact) mass is 357 g/mol. The van der Waals surface area contributed by atoms with Gasteiger partial charge < -0.3 is 20.5 Å². The van der Waals surface area contributed by atoms with Crippen LogP contribution in [0.1, 0.15) is 41.9 Å². The topological polar surface area (TPSA) is 104 Å². The molecule has 8 nitrogen and oxygen atoms in total. The first-order valence-corrected chi connectivity index (χ1v) is 9.00. The van der Waals surface area contributed by atoms with Crippen molar-refractivity contribution in [3.8, 4) is 17.2 Å². The average molecular weight is 357 g/mol. The molecule has 2 aromatic rings. The molecule has 0 spiro atoms. The molecule has 1 aliphatic heterocycles. The third-order valence-electron chi connectivity index (χ3n) is 4.99. The van der Waals surface area contributed by atoms with Gasteiger partial charge in [0, 0.05) is 18.2 Å². The zero-order chi connectivity index (χ0) is 18.1. The number of amides is 1. The van der Waals surface area contributed by atoms with E-state index in [4.69, 9.17) is 15.2 Å². The normalized spacial score (nSPS) is 22.1. The molecule has 2 aliphatic rings. The zero-order valence-corrected chi connectivity index (χ0v) is 14.8. The predicted octanol–water partition coefficient (Wildman–Crippen LogP) is 1.35. The molecule has 0 radical (unpaired) electrons. The van der Waals surface area contributed by atoms with Gasteiger partial charge >= 0.3 is 0 Å². The van der Waals surface area contributed by atoms with Gasteiger partial charge in [0.2, 0.25) is 0 Å². The number of ether oxygens (including phenoxy) is 2. The molecule has 1 fully saturated rings. The summed E-state index contributed by atoms with van der Waals surface area (Å²) in [7, 11) is 0. The van der Waals surface area contributed by atoms with Crippen LogP contribution >= 0.6 is 0 Å². The van der Waals surface area contributed by atoms with Crippen LogP contribution < -0.4 is 20.5 Å². The van der Waals surface area contributed by atoms with E-state index in [1.54, 1.807) is 4.68 Å². The molecule has 1 amide bonds. The minimum Gasteiger partial charge on any atom is -0.486 e. The van der Waals surface area contributed by atoms with E-state index in [1.807, 2.05) is 25.1 Å². The summed E-state index contributed by atoms with van der Waals surface area (Å²) >= 11 is 0. The third-order valence-corrected chi connectivity index (χ3v) is 4.99. The predicted molar refractivity (Wildman–Crippen MR) is 94.8 cm³/mol. The highest BCUT2D eigenvalue weighted by molar-refractivity contribution is 5.93. The minimum absolute atomic E-state index is 0.154. The quantitative estimate of drug-likeness (QED) is 0.859. The number of fused-ring (bicyclic) bond motifs is 1. The minimum atomic E-state index is -0.188. The maximum absolute atomic E-state index is 12.6. The summed E-state index contributed by atoms with van der Waals surface area (Å²) in [6.45, 7) is 2.90. The van der Waals surface area contributed by atoms with Crippen molar-refractivity contribution >= 4 is 5.91 Å². The van der Waals surface area contributed by atoms with Gasteiger partial charge in [0.1, 0.15) is 13.2 Å². The Morgan fingerprint density at radius 1 is 1.19 bits per heavy atom. The molecule has 4 rings (SSSR count). The van der Waals surface area contributed by atoms with Crippen LogP contribution in [0.5, 0.6) is 11.5 Å². The van der Waals surface area contributed by atoms with Crippen molar-refractivity contribution < 1.29 is 14.3 Å². The summed E-state index contributed by atoms with van der Waals surface area (Å²) < 4.78 is 12.8. The highest BCUT2D eigenvalue weighted by Crippen LogP contribution is 2.32. The number of aromatic nitrogens is 3. The second-order valence-corrected chi connectivity index (χ2v) is 6.85. The number of hydrogen-bond acceptors (Lipinski definition) is 6. The standard InChI is InChI=1S/C18H23N5O3/c1-11-17(18(24)20-13-4-2-12(19)3-5-13)21-22-23(11)14-6-7-15-16(10-14)26-9-8-25-15/h6-7,10,12-13H,2-5,8-9,19H2,1H3,(H,20,24). The third kappa shape index (κ3) is 3.24. The average Bonchev–Trinajstić information content (AvgIpc) is 3.05. The maximum Gasteiger partial charge on any atom is 0.273 e. The lowest BCUT2D eigenvalue weighted by Gasteiger charge is -2.26. The first-order chi connectivity index (χ1) is 12.6. The van der Waals surface area contributed by atoms with E-state index in [1.165, 1.54) is 0 Å². The van der Waals surface area contributed by atoms with Gasteiger partial charge in [-0.05, 0) is 44.7 Å². The van der Waals surface area contributed by atoms with Crippen molar-refractivity contribution in [3.63, 3.8) is 0 Å². The molecule has 2 heterocycles. The fourth-order valence-corrected chi connectivity index (χ4v) is 3.47. The van der Waals surface area contributed by atoms with Gasteiger partial charge in [-0.3, -0.25) is 4.79 Å². The van der Waals surface area contributed by atoms with Crippen LogP contribution in [0, 0.1) is 6.92 Å². The van der Waals surface area contributed by atoms with E-state index in [0.29, 0.717) is 36.1 Å². The maximum atomic E-state index is 12.6. The van der Waals surface area contributed by atoms with E-state index in [2.05, 4.69) is 15.6 Å². The fourth-order valence-electron chi connectivity index (χ4n) is 3.47. The Morgan fingerprint density at radius 3 is 2.69 bits per heavy atom. The van der Waals surface area contributed by atoms with Crippen molar-refractivity contribution in [2.45, 2.75) is 44.7 Å². The van der Waals surface area contributed by atoms with E-state index >= 15 is 0 Å². The lowest BCUT2D eigenvalue weighted by Crippen LogP contribution is -2.40. The van der Waals surface area contributed by atoms with Crippen LogP contribution in [-0.2, 0) is 0 Å². The molecule has 0 bridgehead atoms. The molecule has 0 atom stereocenters. The summed E-state index contributed by atoms with van der Waals surface area (Å²) in [5.74, 6) is 1.20. The summed E-state index contributed by atoms with van der Waals surface area (Å²) in [6, 6.07) is 5.97. The second-order valence-electron chi connectivity index (χ2n) is 6.85. The molecule has 0 saturated heterocycles. The van der Waals surface area contributed by atoms with Gasteiger partial charge in [0.15, 0.2) is 17.2 Å². The number of rotatable bonds is 3. The Kier molecular flexibility index (Phi) is 4.50. The van der Waals surface area contributed by atoms with Gasteiger partial charge in [-0.1, -0.05) is 5.21 Å². The Morgan fingerprint density at radius 2 is 1.92 bits per heavy atom. The van der Waals surface area contributed by atoms with Crippen LogP contribution in [0.4, 0.5) is 0 Å². The van der Waals surface area contributed by atoms with Crippen molar-refractivity contribution in [2.24, 2.45) is 5.73 Å². The second kappa shape index (κ2) is 6.95. The number of nitrogens with two attached hydrogens (primary N) is 1. The fraction of sp³-hybridized carbons (Fsp3) is 0.500. The van der Waals surface area contributed by atoms with Gasteiger partial charge in [0.05, 0.1) is 11.4 Å². The van der Waals surface area contributed by atoms with E-state index in [-0.39, 0.29) is 18.0 Å². The molecule has 1 aromatic heterocycles. The molecule has 26 heavy (non-hydrogen) atoms. The van der Waals surface area contributed by atoms with Crippen LogP contribution in [0.3, 0.4) is 0 Å². The van der Waals surface area contributed by atoms with Crippen LogP contribution in [-0.4, -0.2) is 46.2 Å². The molecule has 0 unspecified atom stereocenters. The first-order valence-electron chi connectivity index (χ1n) is 9.00. The Labute approximate surface area is 151 Å². The van der Waals surface area contributed by atoms with E-state index in [9.17, 15) is 4.79 Å². The SMILES string of the molecule is Cc1c(C(=O)NC2CCC(N)CC2)nnn1-c1ccc2c(c1)OCCO2. The molecule has 8 heteroatoms. The summed E-state index contributed by atoms with van der Waals surface area (Å²) in [6.07, 6.45) is 3.69. The van der Waals surface area contributed by atoms with E-state index < -0.39 is 0 Å². The van der Waals surface area contributed by atoms with Crippen molar-refractivity contribution in [1.82, 2.24) is 20.3 Å². The van der Waals surface area contributed by atoms with Crippen molar-refractivity contribution in [1.29, 1.82) is 0 Å². The largest absolute Gasteiger partial charge is 0.486 e. The zero-order valence-electron chi connectivity index (χ0n) is 14.8. The number of carbonyl (C=O) groups is 1. The molecule has 1 saturated carbocycles. The number of nitrogens with one attached hydrogen (secondary N) is 1. The number of benzene rings is 1. The Hall–Kier alpha value is -2.61. The summed E-state index contributed by atoms with van der Waals surface area (Å²) in [4.78, 5) is 12.6. The van der Waals surface area contributed by atoms with Crippen LogP contribution in [0.25, 0.3) is 5.69 Å². The smallest absolute Gasteiger partial charge is 0.273 e. The Bertz CT molecular complexity index is 811. The number of nitrogens with zero attached hydrogens (tertiary/aromatic N) is 3. The Balaban J connectivity index is 1.52. The highest BCUT2D eigenvalue weighted by atomic mass is 16.6. The van der Waals surface area contributed by atoms with Crippen LogP contribution in [0.2, 0.25) is 0 Å². The molecule has 1 aliphatic carbocycles. The lowest BCUT2D eigenvalue weighted by molar-refractivity contribution is 0.0920. The van der Waals surface area contributed by atoms with Gasteiger partial charge in [-0.2, -0.15) is 0 Å². The molecular formula is C18H23N5O3. The molecule has 1 aromatic carbocycles. The lowest BCUT2D eigenvalue weighted by atomic mass is 9.92. The van der Waals surface area contributed by atoms with Crippen molar-refractivity contribution in [3.05, 3.63) is 29.6 Å². The van der Waals surface area contributed by atoms with Crippen LogP contribution in [0.15, 0.2) is 18.2 Å². The van der Waals surface area contributed by atoms with Gasteiger partial charge in [-0.15, -0.1) is 5.10 Å². The molecular weight excluding hydrogens is 334 g/mol. The van der Waals surface area contributed by atoms with Gasteiger partial charge in [-0.25, -0.2) is 4.68 Å². The van der Waals surface area contributed by atoms with Crippen molar-refractivity contribution in [2.75, 3.05) is 13.2 Å². The molecule has 3 N–H and O–H groups in total. The highest BCUT2D eigenvalue weighted by Gasteiger charge is 2.24. The summed E-state index contributed by atoms with van der Waals surface area (Å²) in [5, 5.41) is 11.3. The van der Waals surface area contributed by atoms with Gasteiger partial charge in [0.25, 0.3) is 5.91 Å². The number of carbonyl (C=O) groups excluding carboxylic acids is 1. The first kappa shape index (κ1) is 16.8. The summed E-state index contributed by atoms with van der Waals surface area (Å²) in [5.41, 5.74) is 7.73. The van der Waals surface area contributed by atoms with E-state index in [0.717, 1.165) is 31.4 Å². The number of hydrogen-bond donors (Lipinski definition) is 2.